The number of nitriles is 1. The second kappa shape index (κ2) is 5.17. The highest BCUT2D eigenvalue weighted by Gasteiger charge is 2.07. The van der Waals surface area contributed by atoms with Gasteiger partial charge < -0.3 is 10.8 Å². The van der Waals surface area contributed by atoms with Crippen molar-refractivity contribution in [1.82, 2.24) is 0 Å². The summed E-state index contributed by atoms with van der Waals surface area (Å²) in [4.78, 5) is -0.0113. The van der Waals surface area contributed by atoms with Crippen LogP contribution in [0.4, 0.5) is 0 Å². The summed E-state index contributed by atoms with van der Waals surface area (Å²) in [5, 5.41) is 18.3. The summed E-state index contributed by atoms with van der Waals surface area (Å²) in [5.41, 5.74) is 6.01. The van der Waals surface area contributed by atoms with Crippen LogP contribution < -0.4 is 5.73 Å². The van der Waals surface area contributed by atoms with Crippen molar-refractivity contribution in [2.24, 2.45) is 5.73 Å². The minimum absolute atomic E-state index is 0.0113. The predicted octanol–water partition coefficient (Wildman–Crippen LogP) is 2.89. The summed E-state index contributed by atoms with van der Waals surface area (Å²) in [6.07, 6.45) is 1.44. The largest absolute Gasteiger partial charge is 0.505 e. The third-order valence-corrected chi connectivity index (χ3v) is 2.53. The number of aromatic hydroxyl groups is 1. The molecule has 0 aliphatic heterocycles. The van der Waals surface area contributed by atoms with Gasteiger partial charge >= 0.3 is 0 Å². The van der Waals surface area contributed by atoms with E-state index in [0.29, 0.717) is 5.56 Å². The maximum absolute atomic E-state index is 9.33. The van der Waals surface area contributed by atoms with Crippen molar-refractivity contribution < 1.29 is 5.11 Å². The number of thiocarbonyl (C=S) groups is 1. The monoisotopic (exact) mass is 272 g/mol. The molecule has 0 fully saturated rings. The molecule has 0 heterocycles. The van der Waals surface area contributed by atoms with Gasteiger partial charge in [0.15, 0.2) is 5.75 Å². The van der Waals surface area contributed by atoms with Crippen molar-refractivity contribution >= 4 is 46.5 Å². The van der Waals surface area contributed by atoms with E-state index in [1.807, 2.05) is 6.07 Å². The number of phenolic OH excluding ortho intramolecular Hbond substituents is 1. The fraction of sp³-hybridized carbons (Fsp3) is 0. The lowest BCUT2D eigenvalue weighted by Crippen LogP contribution is -2.09. The van der Waals surface area contributed by atoms with Gasteiger partial charge in [-0.1, -0.05) is 35.4 Å². The summed E-state index contributed by atoms with van der Waals surface area (Å²) in [6, 6.07) is 4.76. The maximum Gasteiger partial charge on any atom is 0.152 e. The molecule has 16 heavy (non-hydrogen) atoms. The maximum atomic E-state index is 9.33. The van der Waals surface area contributed by atoms with E-state index in [0.717, 1.165) is 0 Å². The number of hydrogen-bond acceptors (Lipinski definition) is 3. The number of nitrogens with zero attached hydrogens (tertiary/aromatic N) is 1. The molecule has 3 N–H and O–H groups in total. The standard InChI is InChI=1S/C10H6Cl2N2OS/c11-7-2-5(3-8(12)9(7)15)1-6(4-13)10(14)16/h1-3,15H,(H2,14,16)/b6-1+. The third-order valence-electron chi connectivity index (χ3n) is 1.74. The van der Waals surface area contributed by atoms with Gasteiger partial charge in [0.1, 0.15) is 11.1 Å². The van der Waals surface area contributed by atoms with E-state index in [2.05, 4.69) is 12.2 Å². The first-order chi connectivity index (χ1) is 7.45. The van der Waals surface area contributed by atoms with Crippen LogP contribution in [0.2, 0.25) is 10.0 Å². The lowest BCUT2D eigenvalue weighted by atomic mass is 10.1. The Hall–Kier alpha value is -1.28. The predicted molar refractivity (Wildman–Crippen MR) is 68.5 cm³/mol. The molecule has 3 nitrogen and oxygen atoms in total. The summed E-state index contributed by atoms with van der Waals surface area (Å²) in [5.74, 6) is -0.200. The van der Waals surface area contributed by atoms with Gasteiger partial charge in [0.25, 0.3) is 0 Å². The first-order valence-electron chi connectivity index (χ1n) is 4.05. The van der Waals surface area contributed by atoms with Crippen LogP contribution in [0.5, 0.6) is 5.75 Å². The van der Waals surface area contributed by atoms with E-state index in [1.54, 1.807) is 0 Å². The molecule has 1 rings (SSSR count). The Morgan fingerprint density at radius 1 is 1.44 bits per heavy atom. The molecule has 0 unspecified atom stereocenters. The van der Waals surface area contributed by atoms with Gasteiger partial charge in [0, 0.05) is 0 Å². The van der Waals surface area contributed by atoms with Crippen molar-refractivity contribution in [3.05, 3.63) is 33.3 Å². The van der Waals surface area contributed by atoms with Crippen molar-refractivity contribution in [3.63, 3.8) is 0 Å². The topological polar surface area (TPSA) is 70.0 Å². The molecule has 82 valence electrons. The number of benzene rings is 1. The Kier molecular flexibility index (Phi) is 4.13. The zero-order chi connectivity index (χ0) is 12.3. The van der Waals surface area contributed by atoms with Crippen LogP contribution in [0.1, 0.15) is 5.56 Å². The highest BCUT2D eigenvalue weighted by Crippen LogP contribution is 2.33. The molecule has 0 radical (unpaired) electrons. The van der Waals surface area contributed by atoms with Gasteiger partial charge in [0.05, 0.1) is 15.6 Å². The van der Waals surface area contributed by atoms with E-state index in [4.69, 9.17) is 34.2 Å². The van der Waals surface area contributed by atoms with Crippen LogP contribution in [0.25, 0.3) is 6.08 Å². The Bertz CT molecular complexity index is 497. The van der Waals surface area contributed by atoms with Gasteiger partial charge in [-0.15, -0.1) is 0 Å². The van der Waals surface area contributed by atoms with Crippen molar-refractivity contribution in [1.29, 1.82) is 5.26 Å². The fourth-order valence-electron chi connectivity index (χ4n) is 0.994. The van der Waals surface area contributed by atoms with Gasteiger partial charge in [0.2, 0.25) is 0 Å². The molecule has 0 amide bonds. The highest BCUT2D eigenvalue weighted by molar-refractivity contribution is 7.80. The molecular weight excluding hydrogens is 267 g/mol. The smallest absolute Gasteiger partial charge is 0.152 e. The first-order valence-corrected chi connectivity index (χ1v) is 5.21. The van der Waals surface area contributed by atoms with Crippen molar-refractivity contribution in [2.45, 2.75) is 0 Å². The molecular formula is C10H6Cl2N2OS. The molecule has 1 aromatic carbocycles. The van der Waals surface area contributed by atoms with Crippen LogP contribution >= 0.6 is 35.4 Å². The van der Waals surface area contributed by atoms with Gasteiger partial charge in [-0.05, 0) is 23.8 Å². The van der Waals surface area contributed by atoms with Crippen LogP contribution in [-0.2, 0) is 0 Å². The summed E-state index contributed by atoms with van der Waals surface area (Å²) in [6.45, 7) is 0. The zero-order valence-corrected chi connectivity index (χ0v) is 10.2. The van der Waals surface area contributed by atoms with Crippen molar-refractivity contribution in [2.75, 3.05) is 0 Å². The van der Waals surface area contributed by atoms with E-state index in [1.165, 1.54) is 18.2 Å². The number of hydrogen-bond donors (Lipinski definition) is 2. The average molecular weight is 273 g/mol. The molecule has 0 aromatic heterocycles. The molecule has 0 spiro atoms. The van der Waals surface area contributed by atoms with Crippen molar-refractivity contribution in [3.8, 4) is 11.8 Å². The van der Waals surface area contributed by atoms with E-state index in [-0.39, 0.29) is 26.4 Å². The number of nitrogens with two attached hydrogens (primary N) is 1. The fourth-order valence-corrected chi connectivity index (χ4v) is 1.60. The SMILES string of the molecule is N#C/C(=C\c1cc(Cl)c(O)c(Cl)c1)C(N)=S. The summed E-state index contributed by atoms with van der Waals surface area (Å²) >= 11 is 16.1. The van der Waals surface area contributed by atoms with E-state index in [9.17, 15) is 5.11 Å². The minimum atomic E-state index is -0.200. The molecule has 0 aliphatic carbocycles. The second-order valence-electron chi connectivity index (χ2n) is 2.87. The Morgan fingerprint density at radius 3 is 2.31 bits per heavy atom. The molecule has 0 saturated heterocycles. The van der Waals surface area contributed by atoms with Crippen LogP contribution in [0, 0.1) is 11.3 Å². The van der Waals surface area contributed by atoms with Crippen LogP contribution in [-0.4, -0.2) is 10.1 Å². The number of phenols is 1. The second-order valence-corrected chi connectivity index (χ2v) is 4.12. The van der Waals surface area contributed by atoms with Gasteiger partial charge in [-0.3, -0.25) is 0 Å². The zero-order valence-electron chi connectivity index (χ0n) is 7.87. The number of halogens is 2. The van der Waals surface area contributed by atoms with Gasteiger partial charge in [-0.2, -0.15) is 5.26 Å². The Balaban J connectivity index is 3.27. The highest BCUT2D eigenvalue weighted by atomic mass is 35.5. The molecule has 0 atom stereocenters. The van der Waals surface area contributed by atoms with Crippen LogP contribution in [0.3, 0.4) is 0 Å². The summed E-state index contributed by atoms with van der Waals surface area (Å²) in [7, 11) is 0. The van der Waals surface area contributed by atoms with E-state index >= 15 is 0 Å². The lowest BCUT2D eigenvalue weighted by molar-refractivity contribution is 0.476. The quantitative estimate of drug-likeness (QED) is 0.494. The molecule has 1 aromatic rings. The lowest BCUT2D eigenvalue weighted by Gasteiger charge is -2.02. The first kappa shape index (κ1) is 12.8. The molecule has 6 heteroatoms. The third kappa shape index (κ3) is 2.86. The normalized spacial score (nSPS) is 10.9. The Labute approximate surface area is 108 Å². The summed E-state index contributed by atoms with van der Waals surface area (Å²) < 4.78 is 0. The average Bonchev–Trinajstić information content (AvgIpc) is 2.21. The Morgan fingerprint density at radius 2 is 1.94 bits per heavy atom. The minimum Gasteiger partial charge on any atom is -0.505 e. The molecule has 0 bridgehead atoms. The van der Waals surface area contributed by atoms with Gasteiger partial charge in [-0.25, -0.2) is 0 Å². The molecule has 0 saturated carbocycles. The van der Waals surface area contributed by atoms with Crippen LogP contribution in [0.15, 0.2) is 17.7 Å². The van der Waals surface area contributed by atoms with E-state index < -0.39 is 0 Å². The molecule has 0 aliphatic rings. The number of rotatable bonds is 2.